The van der Waals surface area contributed by atoms with Crippen molar-refractivity contribution in [2.75, 3.05) is 0 Å². The SMILES string of the molecule is CCCCc1ccc2ccc(CCC)cc2c1. The summed E-state index contributed by atoms with van der Waals surface area (Å²) in [5.41, 5.74) is 2.95. The first-order valence-corrected chi connectivity index (χ1v) is 6.85. The maximum atomic E-state index is 2.37. The van der Waals surface area contributed by atoms with E-state index in [1.807, 2.05) is 0 Å². The van der Waals surface area contributed by atoms with Gasteiger partial charge in [0.1, 0.15) is 0 Å². The van der Waals surface area contributed by atoms with E-state index in [0.29, 0.717) is 0 Å². The molecule has 0 radical (unpaired) electrons. The topological polar surface area (TPSA) is 0 Å². The highest BCUT2D eigenvalue weighted by Gasteiger charge is 1.98. The Morgan fingerprint density at radius 1 is 0.706 bits per heavy atom. The average molecular weight is 226 g/mol. The Labute approximate surface area is 105 Å². The normalized spacial score (nSPS) is 10.9. The van der Waals surface area contributed by atoms with Crippen molar-refractivity contribution in [3.8, 4) is 0 Å². The van der Waals surface area contributed by atoms with Crippen molar-refractivity contribution in [1.29, 1.82) is 0 Å². The van der Waals surface area contributed by atoms with Gasteiger partial charge in [0.25, 0.3) is 0 Å². The van der Waals surface area contributed by atoms with E-state index in [2.05, 4.69) is 50.2 Å². The summed E-state index contributed by atoms with van der Waals surface area (Å²) in [6.45, 7) is 4.49. The second-order valence-corrected chi connectivity index (χ2v) is 4.87. The molecule has 0 aromatic heterocycles. The fourth-order valence-electron chi connectivity index (χ4n) is 2.33. The molecule has 17 heavy (non-hydrogen) atoms. The molecule has 0 nitrogen and oxygen atoms in total. The second-order valence-electron chi connectivity index (χ2n) is 4.87. The molecule has 2 aromatic rings. The summed E-state index contributed by atoms with van der Waals surface area (Å²) in [6.07, 6.45) is 6.19. The van der Waals surface area contributed by atoms with Crippen LogP contribution in [0.1, 0.15) is 44.2 Å². The van der Waals surface area contributed by atoms with Gasteiger partial charge in [-0.2, -0.15) is 0 Å². The maximum Gasteiger partial charge on any atom is -0.0179 e. The molecule has 0 saturated heterocycles. The Hall–Kier alpha value is -1.30. The summed E-state index contributed by atoms with van der Waals surface area (Å²) in [5.74, 6) is 0. The van der Waals surface area contributed by atoms with Crippen LogP contribution in [0, 0.1) is 0 Å². The third-order valence-corrected chi connectivity index (χ3v) is 3.33. The summed E-state index contributed by atoms with van der Waals surface area (Å²) in [7, 11) is 0. The Kier molecular flexibility index (Phi) is 4.19. The van der Waals surface area contributed by atoms with Crippen LogP contribution in [0.25, 0.3) is 10.8 Å². The van der Waals surface area contributed by atoms with E-state index in [1.54, 1.807) is 0 Å². The Morgan fingerprint density at radius 2 is 1.35 bits per heavy atom. The van der Waals surface area contributed by atoms with Crippen LogP contribution in [0.4, 0.5) is 0 Å². The highest BCUT2D eigenvalue weighted by Crippen LogP contribution is 2.19. The number of hydrogen-bond acceptors (Lipinski definition) is 0. The zero-order chi connectivity index (χ0) is 12.1. The predicted octanol–water partition coefficient (Wildman–Crippen LogP) is 5.13. The van der Waals surface area contributed by atoms with Crippen molar-refractivity contribution < 1.29 is 0 Å². The molecule has 0 atom stereocenters. The van der Waals surface area contributed by atoms with Crippen molar-refractivity contribution in [1.82, 2.24) is 0 Å². The molecule has 90 valence electrons. The molecule has 2 aromatic carbocycles. The van der Waals surface area contributed by atoms with Crippen LogP contribution in [-0.2, 0) is 12.8 Å². The minimum Gasteiger partial charge on any atom is -0.0654 e. The first kappa shape index (κ1) is 12.2. The van der Waals surface area contributed by atoms with Gasteiger partial charge in [-0.25, -0.2) is 0 Å². The molecule has 0 heterocycles. The van der Waals surface area contributed by atoms with Gasteiger partial charge in [-0.05, 0) is 41.2 Å². The number of benzene rings is 2. The summed E-state index contributed by atoms with van der Waals surface area (Å²) in [5, 5.41) is 2.77. The molecule has 0 bridgehead atoms. The summed E-state index contributed by atoms with van der Waals surface area (Å²) in [4.78, 5) is 0. The smallest absolute Gasteiger partial charge is 0.0179 e. The summed E-state index contributed by atoms with van der Waals surface area (Å²) < 4.78 is 0. The highest BCUT2D eigenvalue weighted by atomic mass is 14.0. The second kappa shape index (κ2) is 5.86. The fourth-order valence-corrected chi connectivity index (χ4v) is 2.33. The van der Waals surface area contributed by atoms with Crippen LogP contribution in [0.2, 0.25) is 0 Å². The van der Waals surface area contributed by atoms with Crippen molar-refractivity contribution in [2.45, 2.75) is 46.0 Å². The first-order valence-electron chi connectivity index (χ1n) is 6.85. The van der Waals surface area contributed by atoms with E-state index in [9.17, 15) is 0 Å². The number of fused-ring (bicyclic) bond motifs is 1. The van der Waals surface area contributed by atoms with Gasteiger partial charge in [0, 0.05) is 0 Å². The third-order valence-electron chi connectivity index (χ3n) is 3.33. The van der Waals surface area contributed by atoms with Gasteiger partial charge < -0.3 is 0 Å². The van der Waals surface area contributed by atoms with Gasteiger partial charge >= 0.3 is 0 Å². The molecule has 0 aliphatic rings. The van der Waals surface area contributed by atoms with Gasteiger partial charge in [0.05, 0.1) is 0 Å². The Balaban J connectivity index is 2.29. The van der Waals surface area contributed by atoms with Crippen LogP contribution < -0.4 is 0 Å². The van der Waals surface area contributed by atoms with E-state index in [4.69, 9.17) is 0 Å². The highest BCUT2D eigenvalue weighted by molar-refractivity contribution is 5.83. The van der Waals surface area contributed by atoms with Gasteiger partial charge in [-0.3, -0.25) is 0 Å². The lowest BCUT2D eigenvalue weighted by atomic mass is 10.00. The minimum atomic E-state index is 1.19. The zero-order valence-corrected chi connectivity index (χ0v) is 11.0. The van der Waals surface area contributed by atoms with Crippen LogP contribution in [-0.4, -0.2) is 0 Å². The van der Waals surface area contributed by atoms with Crippen molar-refractivity contribution >= 4 is 10.8 Å². The first-order chi connectivity index (χ1) is 8.33. The van der Waals surface area contributed by atoms with Crippen molar-refractivity contribution in [3.05, 3.63) is 47.5 Å². The predicted molar refractivity (Wildman–Crippen MR) is 76.6 cm³/mol. The van der Waals surface area contributed by atoms with Crippen molar-refractivity contribution in [2.24, 2.45) is 0 Å². The van der Waals surface area contributed by atoms with Gasteiger partial charge in [-0.1, -0.05) is 63.1 Å². The Morgan fingerprint density at radius 3 is 1.94 bits per heavy atom. The van der Waals surface area contributed by atoms with Crippen LogP contribution in [0.15, 0.2) is 36.4 Å². The minimum absolute atomic E-state index is 1.19. The summed E-state index contributed by atoms with van der Waals surface area (Å²) >= 11 is 0. The number of rotatable bonds is 5. The lowest BCUT2D eigenvalue weighted by molar-refractivity contribution is 0.796. The molecule has 0 spiro atoms. The lowest BCUT2D eigenvalue weighted by Crippen LogP contribution is -1.87. The Bertz CT molecular complexity index is 482. The lowest BCUT2D eigenvalue weighted by Gasteiger charge is -2.05. The molecule has 0 amide bonds. The van der Waals surface area contributed by atoms with E-state index < -0.39 is 0 Å². The number of aryl methyl sites for hydroxylation is 2. The number of unbranched alkanes of at least 4 members (excludes halogenated alkanes) is 1. The van der Waals surface area contributed by atoms with Gasteiger partial charge in [0.15, 0.2) is 0 Å². The number of hydrogen-bond donors (Lipinski definition) is 0. The molecule has 0 unspecified atom stereocenters. The maximum absolute atomic E-state index is 2.37. The monoisotopic (exact) mass is 226 g/mol. The quantitative estimate of drug-likeness (QED) is 0.662. The molecule has 0 aliphatic carbocycles. The molecule has 0 saturated carbocycles. The van der Waals surface area contributed by atoms with Gasteiger partial charge in [-0.15, -0.1) is 0 Å². The molecular weight excluding hydrogens is 204 g/mol. The van der Waals surface area contributed by atoms with Crippen LogP contribution >= 0.6 is 0 Å². The fraction of sp³-hybridized carbons (Fsp3) is 0.412. The zero-order valence-electron chi connectivity index (χ0n) is 11.0. The molecule has 0 N–H and O–H groups in total. The summed E-state index contributed by atoms with van der Waals surface area (Å²) in [6, 6.07) is 13.8. The van der Waals surface area contributed by atoms with Gasteiger partial charge in [0.2, 0.25) is 0 Å². The molecule has 0 aliphatic heterocycles. The average Bonchev–Trinajstić information content (AvgIpc) is 2.36. The molecule has 0 fully saturated rings. The molecule has 0 heteroatoms. The van der Waals surface area contributed by atoms with E-state index in [1.165, 1.54) is 54.0 Å². The van der Waals surface area contributed by atoms with Crippen LogP contribution in [0.3, 0.4) is 0 Å². The van der Waals surface area contributed by atoms with E-state index >= 15 is 0 Å². The van der Waals surface area contributed by atoms with E-state index in [-0.39, 0.29) is 0 Å². The molecule has 2 rings (SSSR count). The van der Waals surface area contributed by atoms with Crippen LogP contribution in [0.5, 0.6) is 0 Å². The third kappa shape index (κ3) is 3.09. The van der Waals surface area contributed by atoms with Crippen molar-refractivity contribution in [3.63, 3.8) is 0 Å². The molecular formula is C17H22. The van der Waals surface area contributed by atoms with E-state index in [0.717, 1.165) is 0 Å². The standard InChI is InChI=1S/C17H22/c1-3-5-7-15-9-11-16-10-8-14(6-4-2)12-17(16)13-15/h8-13H,3-7H2,1-2H3. The largest absolute Gasteiger partial charge is 0.0654 e.